The molecule has 34 heavy (non-hydrogen) atoms. The number of hydrogen-bond donors (Lipinski definition) is 0. The predicted octanol–water partition coefficient (Wildman–Crippen LogP) is 4.18. The van der Waals surface area contributed by atoms with Crippen molar-refractivity contribution in [3.05, 3.63) is 17.3 Å². The highest BCUT2D eigenvalue weighted by Gasteiger charge is 2.49. The fraction of sp³-hybridized carbons (Fsp3) is 0.696. The van der Waals surface area contributed by atoms with Crippen molar-refractivity contribution in [3.8, 4) is 0 Å². The zero-order valence-electron chi connectivity index (χ0n) is 19.7. The van der Waals surface area contributed by atoms with Crippen LogP contribution in [0, 0.1) is 11.3 Å². The summed E-state index contributed by atoms with van der Waals surface area (Å²) in [6, 6.07) is 1.61. The molecule has 3 aliphatic rings. The number of likely N-dealkylation sites (tertiary alicyclic amines) is 2. The van der Waals surface area contributed by atoms with E-state index in [4.69, 9.17) is 4.74 Å². The van der Waals surface area contributed by atoms with E-state index < -0.39 is 18.2 Å². The molecule has 2 aromatic rings. The molecule has 3 aliphatic heterocycles. The van der Waals surface area contributed by atoms with Crippen LogP contribution in [-0.4, -0.2) is 83.5 Å². The molecule has 11 heteroatoms. The first-order chi connectivity index (χ1) is 15.9. The third kappa shape index (κ3) is 4.95. The lowest BCUT2D eigenvalue weighted by molar-refractivity contribution is -0.126. The summed E-state index contributed by atoms with van der Waals surface area (Å²) in [6.45, 7) is 11.8. The van der Waals surface area contributed by atoms with Crippen LogP contribution in [0.5, 0.6) is 0 Å². The number of alkyl halides is 3. The molecule has 2 aromatic heterocycles. The highest BCUT2D eigenvalue weighted by atomic mass is 32.1. The van der Waals surface area contributed by atoms with Crippen LogP contribution in [0.3, 0.4) is 0 Å². The Kier molecular flexibility index (Phi) is 5.70. The van der Waals surface area contributed by atoms with E-state index in [1.165, 1.54) is 6.33 Å². The third-order valence-corrected chi connectivity index (χ3v) is 7.76. The number of ether oxygens (including phenoxy) is 1. The molecule has 1 amide bonds. The first-order valence-corrected chi connectivity index (χ1v) is 12.5. The van der Waals surface area contributed by atoms with Crippen molar-refractivity contribution in [2.24, 2.45) is 11.3 Å². The molecule has 0 saturated carbocycles. The zero-order valence-corrected chi connectivity index (χ0v) is 20.5. The Bertz CT molecular complexity index is 1070. The van der Waals surface area contributed by atoms with Crippen LogP contribution in [-0.2, 0) is 11.2 Å². The van der Waals surface area contributed by atoms with Gasteiger partial charge in [0.25, 0.3) is 0 Å². The smallest absolute Gasteiger partial charge is 0.410 e. The van der Waals surface area contributed by atoms with Gasteiger partial charge in [-0.05, 0) is 33.3 Å². The average molecular weight is 498 g/mol. The Balaban J connectivity index is 1.14. The summed E-state index contributed by atoms with van der Waals surface area (Å²) < 4.78 is 43.9. The molecule has 1 spiro atoms. The van der Waals surface area contributed by atoms with Crippen molar-refractivity contribution >= 4 is 33.5 Å². The van der Waals surface area contributed by atoms with Gasteiger partial charge in [-0.2, -0.15) is 13.2 Å². The molecular weight excluding hydrogens is 467 g/mol. The van der Waals surface area contributed by atoms with E-state index in [0.717, 1.165) is 74.8 Å². The van der Waals surface area contributed by atoms with Gasteiger partial charge < -0.3 is 19.4 Å². The number of carbonyl (C=O) groups is 1. The zero-order chi connectivity index (χ0) is 24.3. The van der Waals surface area contributed by atoms with E-state index in [1.54, 1.807) is 11.0 Å². The number of aromatic nitrogens is 2. The fourth-order valence-corrected chi connectivity index (χ4v) is 6.38. The summed E-state index contributed by atoms with van der Waals surface area (Å²) in [5.74, 6) is 1.22. The molecule has 3 fully saturated rings. The molecule has 0 unspecified atom stereocenters. The first-order valence-electron chi connectivity index (χ1n) is 11.6. The number of carbonyl (C=O) groups excluding carboxylic acids is 1. The SMILES string of the molecule is CC(C)(C)OC(=O)N1CC(CN2CC3(CCN(c4ncnc5sc(CC(F)(F)F)cc45)C3)C2)C1. The molecule has 0 N–H and O–H groups in total. The van der Waals surface area contributed by atoms with Gasteiger partial charge >= 0.3 is 12.3 Å². The van der Waals surface area contributed by atoms with E-state index >= 15 is 0 Å². The number of rotatable bonds is 4. The molecular formula is C23H30F3N5O2S. The minimum atomic E-state index is -4.23. The largest absolute Gasteiger partial charge is 0.444 e. The van der Waals surface area contributed by atoms with Gasteiger partial charge in [-0.25, -0.2) is 14.8 Å². The Morgan fingerprint density at radius 3 is 2.62 bits per heavy atom. The fourth-order valence-electron chi connectivity index (χ4n) is 5.36. The van der Waals surface area contributed by atoms with Crippen molar-refractivity contribution < 1.29 is 22.7 Å². The van der Waals surface area contributed by atoms with E-state index in [0.29, 0.717) is 10.7 Å². The Labute approximate surface area is 200 Å². The second-order valence-electron chi connectivity index (χ2n) is 11.0. The van der Waals surface area contributed by atoms with Crippen LogP contribution in [0.2, 0.25) is 0 Å². The lowest BCUT2D eigenvalue weighted by atomic mass is 9.78. The molecule has 0 atom stereocenters. The van der Waals surface area contributed by atoms with Crippen LogP contribution >= 0.6 is 11.3 Å². The molecule has 0 aliphatic carbocycles. The minimum absolute atomic E-state index is 0.205. The lowest BCUT2D eigenvalue weighted by Gasteiger charge is -2.51. The summed E-state index contributed by atoms with van der Waals surface area (Å²) >= 11 is 1.09. The van der Waals surface area contributed by atoms with Gasteiger partial charge in [0.2, 0.25) is 0 Å². The minimum Gasteiger partial charge on any atom is -0.444 e. The summed E-state index contributed by atoms with van der Waals surface area (Å²) in [4.78, 5) is 28.1. The quantitative estimate of drug-likeness (QED) is 0.632. The van der Waals surface area contributed by atoms with Crippen molar-refractivity contribution in [2.45, 2.75) is 45.4 Å². The van der Waals surface area contributed by atoms with Gasteiger partial charge in [-0.1, -0.05) is 0 Å². The van der Waals surface area contributed by atoms with Gasteiger partial charge in [-0.15, -0.1) is 11.3 Å². The second-order valence-corrected chi connectivity index (χ2v) is 12.1. The van der Waals surface area contributed by atoms with Crippen LogP contribution in [0.1, 0.15) is 32.1 Å². The van der Waals surface area contributed by atoms with E-state index in [9.17, 15) is 18.0 Å². The normalized spacial score (nSPS) is 21.2. The summed E-state index contributed by atoms with van der Waals surface area (Å²) in [5, 5.41) is 0.719. The number of fused-ring (bicyclic) bond motifs is 1. The van der Waals surface area contributed by atoms with Gasteiger partial charge in [-0.3, -0.25) is 0 Å². The molecule has 3 saturated heterocycles. The number of amides is 1. The van der Waals surface area contributed by atoms with Gasteiger partial charge in [0.05, 0.1) is 11.8 Å². The summed E-state index contributed by atoms with van der Waals surface area (Å²) in [5.41, 5.74) is -0.269. The standard InChI is InChI=1S/C23H30F3N5O2S/c1-21(2,3)33-20(32)31-9-15(10-31)8-29-11-22(12-29)4-5-30(13-22)18-17-6-16(7-23(24,25)26)34-19(17)28-14-27-18/h6,14-15H,4-5,7-13H2,1-3H3. The molecule has 5 rings (SSSR count). The maximum absolute atomic E-state index is 12.8. The van der Waals surface area contributed by atoms with Crippen molar-refractivity contribution in [3.63, 3.8) is 0 Å². The molecule has 0 radical (unpaired) electrons. The molecule has 0 bridgehead atoms. The molecule has 7 nitrogen and oxygen atoms in total. The first kappa shape index (κ1) is 23.6. The third-order valence-electron chi connectivity index (χ3n) is 6.72. The number of nitrogens with zero attached hydrogens (tertiary/aromatic N) is 5. The van der Waals surface area contributed by atoms with E-state index in [-0.39, 0.29) is 16.4 Å². The summed E-state index contributed by atoms with van der Waals surface area (Å²) in [6.07, 6.45) is -2.90. The number of halogens is 3. The van der Waals surface area contributed by atoms with Gasteiger partial charge in [0.15, 0.2) is 0 Å². The molecule has 0 aromatic carbocycles. The predicted molar refractivity (Wildman–Crippen MR) is 124 cm³/mol. The number of thiophene rings is 1. The molecule has 186 valence electrons. The van der Waals surface area contributed by atoms with Crippen LogP contribution in [0.25, 0.3) is 10.2 Å². The topological polar surface area (TPSA) is 61.8 Å². The second kappa shape index (κ2) is 8.22. The molecule has 5 heterocycles. The van der Waals surface area contributed by atoms with E-state index in [2.05, 4.69) is 19.8 Å². The monoisotopic (exact) mass is 497 g/mol. The Morgan fingerprint density at radius 1 is 1.21 bits per heavy atom. The van der Waals surface area contributed by atoms with Crippen LogP contribution in [0.4, 0.5) is 23.8 Å². The van der Waals surface area contributed by atoms with Crippen molar-refractivity contribution in [1.29, 1.82) is 0 Å². The van der Waals surface area contributed by atoms with Crippen molar-refractivity contribution in [1.82, 2.24) is 19.8 Å². The Morgan fingerprint density at radius 2 is 1.94 bits per heavy atom. The van der Waals surface area contributed by atoms with Crippen molar-refractivity contribution in [2.75, 3.05) is 50.7 Å². The maximum atomic E-state index is 12.8. The average Bonchev–Trinajstić information content (AvgIpc) is 3.24. The highest BCUT2D eigenvalue weighted by molar-refractivity contribution is 7.18. The van der Waals surface area contributed by atoms with Gasteiger partial charge in [0, 0.05) is 62.0 Å². The Hall–Kier alpha value is -2.14. The summed E-state index contributed by atoms with van der Waals surface area (Å²) in [7, 11) is 0. The maximum Gasteiger partial charge on any atom is 0.410 e. The highest BCUT2D eigenvalue weighted by Crippen LogP contribution is 2.43. The van der Waals surface area contributed by atoms with E-state index in [1.807, 2.05) is 20.8 Å². The lowest BCUT2D eigenvalue weighted by Crippen LogP contribution is -2.62. The number of hydrogen-bond acceptors (Lipinski definition) is 7. The van der Waals surface area contributed by atoms with Gasteiger partial charge in [0.1, 0.15) is 22.6 Å². The van der Waals surface area contributed by atoms with Crippen LogP contribution < -0.4 is 4.90 Å². The number of anilines is 1. The van der Waals surface area contributed by atoms with Crippen LogP contribution in [0.15, 0.2) is 12.4 Å².